The molecule has 0 bridgehead atoms. The first-order chi connectivity index (χ1) is 14.2. The summed E-state index contributed by atoms with van der Waals surface area (Å²) in [5.74, 6) is 0. The molecule has 0 aromatic heterocycles. The summed E-state index contributed by atoms with van der Waals surface area (Å²) < 4.78 is 64.3. The number of hydrogen-bond donors (Lipinski definition) is 0. The van der Waals surface area contributed by atoms with Crippen LogP contribution in [0.4, 0.5) is 0 Å². The maximum atomic E-state index is 7.00. The third kappa shape index (κ3) is 14.8. The van der Waals surface area contributed by atoms with Crippen molar-refractivity contribution in [2.24, 2.45) is 5.41 Å². The van der Waals surface area contributed by atoms with Gasteiger partial charge < -0.3 is 37.9 Å². The van der Waals surface area contributed by atoms with Gasteiger partial charge in [-0.1, -0.05) is 0 Å². The van der Waals surface area contributed by atoms with E-state index in [9.17, 15) is 0 Å². The molecule has 0 amide bonds. The fourth-order valence-electron chi connectivity index (χ4n) is 2.02. The van der Waals surface area contributed by atoms with Gasteiger partial charge in [-0.3, -0.25) is 0 Å². The van der Waals surface area contributed by atoms with Gasteiger partial charge in [0.2, 0.25) is 0 Å². The smallest absolute Gasteiger partial charge is 0.0700 e. The van der Waals surface area contributed by atoms with Crippen LogP contribution in [-0.4, -0.2) is 107 Å². The van der Waals surface area contributed by atoms with Crippen molar-refractivity contribution < 1.29 is 42.0 Å². The van der Waals surface area contributed by atoms with E-state index in [0.29, 0.717) is 85.9 Å². The molecular weight excluding hydrogens is 344 g/mol. The molecule has 0 unspecified atom stereocenters. The molecule has 0 aliphatic heterocycles. The Balaban J connectivity index is 4.69. The largest absolute Gasteiger partial charge is 0.382 e. The third-order valence-corrected chi connectivity index (χ3v) is 3.33. The highest BCUT2D eigenvalue weighted by Gasteiger charge is 2.32. The highest BCUT2D eigenvalue weighted by Crippen LogP contribution is 2.21. The molecule has 0 aromatic rings. The van der Waals surface area contributed by atoms with Gasteiger partial charge in [-0.05, 0) is 6.92 Å². The second-order valence-corrected chi connectivity index (χ2v) is 5.63. The molecule has 0 atom stereocenters. The van der Waals surface area contributed by atoms with Gasteiger partial charge >= 0.3 is 0 Å². The van der Waals surface area contributed by atoms with Crippen molar-refractivity contribution in [1.29, 1.82) is 0 Å². The quantitative estimate of drug-likeness (QED) is 0.271. The van der Waals surface area contributed by atoms with Gasteiger partial charge in [-0.15, -0.1) is 0 Å². The zero-order valence-corrected chi connectivity index (χ0v) is 16.1. The van der Waals surface area contributed by atoms with Crippen LogP contribution in [0.1, 0.15) is 11.0 Å². The third-order valence-electron chi connectivity index (χ3n) is 3.33. The average Bonchev–Trinajstić information content (AvgIpc) is 2.73. The van der Waals surface area contributed by atoms with E-state index in [-0.39, 0.29) is 21.3 Å². The Morgan fingerprint density at radius 3 is 1.23 bits per heavy atom. The Hall–Kier alpha value is -0.320. The van der Waals surface area contributed by atoms with Crippen LogP contribution in [0.5, 0.6) is 0 Å². The monoisotopic (exact) mass is 385 g/mol. The molecule has 0 aromatic carbocycles. The maximum absolute atomic E-state index is 7.00. The van der Waals surface area contributed by atoms with Gasteiger partial charge in [-0.2, -0.15) is 0 Å². The molecule has 0 N–H and O–H groups in total. The number of rotatable bonds is 21. The van der Waals surface area contributed by atoms with Crippen molar-refractivity contribution in [3.05, 3.63) is 0 Å². The Bertz CT molecular complexity index is 268. The Morgan fingerprint density at radius 1 is 0.538 bits per heavy atom. The zero-order valence-electron chi connectivity index (χ0n) is 19.1. The first-order valence-corrected chi connectivity index (χ1v) is 8.74. The summed E-state index contributed by atoms with van der Waals surface area (Å²) in [6.45, 7) is 6.87. The van der Waals surface area contributed by atoms with E-state index in [1.807, 2.05) is 6.92 Å². The molecule has 0 radical (unpaired) electrons. The predicted octanol–water partition coefficient (Wildman–Crippen LogP) is 1.01. The topological polar surface area (TPSA) is 73.8 Å². The number of ether oxygens (including phenoxy) is 8. The minimum atomic E-state index is -0.560. The van der Waals surface area contributed by atoms with Crippen LogP contribution in [0.25, 0.3) is 0 Å². The summed E-state index contributed by atoms with van der Waals surface area (Å²) in [6.07, 6.45) is 0. The molecule has 0 spiro atoms. The SMILES string of the molecule is [2H]COCCOCC(COCCOC[2H])(COCCOC[2H])COCCOCC. The maximum Gasteiger partial charge on any atom is 0.0700 e. The molecule has 0 heterocycles. The molecular formula is C18H38O8. The molecule has 8 nitrogen and oxygen atoms in total. The Morgan fingerprint density at radius 2 is 0.885 bits per heavy atom. The van der Waals surface area contributed by atoms with Gasteiger partial charge in [0, 0.05) is 27.9 Å². The summed E-state index contributed by atoms with van der Waals surface area (Å²) in [7, 11) is -0.312. The lowest BCUT2D eigenvalue weighted by Crippen LogP contribution is -2.42. The molecule has 158 valence electrons. The van der Waals surface area contributed by atoms with Crippen molar-refractivity contribution in [2.45, 2.75) is 6.92 Å². The first kappa shape index (κ1) is 20.4. The fraction of sp³-hybridized carbons (Fsp3) is 1.00. The lowest BCUT2D eigenvalue weighted by Gasteiger charge is -2.33. The van der Waals surface area contributed by atoms with Gasteiger partial charge in [0.1, 0.15) is 0 Å². The van der Waals surface area contributed by atoms with Crippen LogP contribution in [-0.2, 0) is 37.9 Å². The van der Waals surface area contributed by atoms with Gasteiger partial charge in [0.15, 0.2) is 0 Å². The predicted molar refractivity (Wildman–Crippen MR) is 97.8 cm³/mol. The highest BCUT2D eigenvalue weighted by molar-refractivity contribution is 4.79. The van der Waals surface area contributed by atoms with E-state index in [1.165, 1.54) is 0 Å². The molecule has 0 aliphatic rings. The lowest BCUT2D eigenvalue weighted by atomic mass is 9.92. The van der Waals surface area contributed by atoms with Crippen LogP contribution < -0.4 is 0 Å². The van der Waals surface area contributed by atoms with Crippen LogP contribution in [0.2, 0.25) is 0 Å². The second kappa shape index (κ2) is 19.4. The summed E-state index contributed by atoms with van der Waals surface area (Å²) >= 11 is 0. The normalized spacial score (nSPS) is 13.5. The van der Waals surface area contributed by atoms with E-state index in [4.69, 9.17) is 42.0 Å². The van der Waals surface area contributed by atoms with Crippen molar-refractivity contribution in [2.75, 3.05) is 107 Å². The molecule has 0 saturated carbocycles. The Labute approximate surface area is 162 Å². The molecule has 26 heavy (non-hydrogen) atoms. The molecule has 0 saturated heterocycles. The summed E-state index contributed by atoms with van der Waals surface area (Å²) in [5.41, 5.74) is -0.560. The highest BCUT2D eigenvalue weighted by atomic mass is 16.6. The van der Waals surface area contributed by atoms with E-state index in [0.717, 1.165) is 0 Å². The van der Waals surface area contributed by atoms with Crippen molar-refractivity contribution >= 4 is 0 Å². The van der Waals surface area contributed by atoms with E-state index >= 15 is 0 Å². The second-order valence-electron chi connectivity index (χ2n) is 5.63. The summed E-state index contributed by atoms with van der Waals surface area (Å²) in [6, 6.07) is 0. The minimum absolute atomic E-state index is 0.104. The average molecular weight is 386 g/mol. The zero-order chi connectivity index (χ0) is 21.5. The summed E-state index contributed by atoms with van der Waals surface area (Å²) in [4.78, 5) is 0. The van der Waals surface area contributed by atoms with Gasteiger partial charge in [-0.25, -0.2) is 0 Å². The van der Waals surface area contributed by atoms with Crippen molar-refractivity contribution in [1.82, 2.24) is 0 Å². The number of hydrogen-bond acceptors (Lipinski definition) is 8. The van der Waals surface area contributed by atoms with Gasteiger partial charge in [0.25, 0.3) is 0 Å². The summed E-state index contributed by atoms with van der Waals surface area (Å²) in [5, 5.41) is 0. The molecule has 0 aliphatic carbocycles. The lowest BCUT2D eigenvalue weighted by molar-refractivity contribution is -0.119. The molecule has 8 heteroatoms. The fourth-order valence-corrected chi connectivity index (χ4v) is 2.02. The van der Waals surface area contributed by atoms with Crippen LogP contribution in [0, 0.1) is 5.41 Å². The number of methoxy groups -OCH3 is 3. The van der Waals surface area contributed by atoms with Crippen molar-refractivity contribution in [3.8, 4) is 0 Å². The van der Waals surface area contributed by atoms with E-state index in [1.54, 1.807) is 0 Å². The minimum Gasteiger partial charge on any atom is -0.382 e. The molecule has 0 rings (SSSR count). The van der Waals surface area contributed by atoms with E-state index < -0.39 is 5.41 Å². The first-order valence-electron chi connectivity index (χ1n) is 10.9. The standard InChI is InChI=1S/C18H38O8/c1-5-22-12-13-26-17-18(14-23-9-6-19-2,15-24-10-7-20-3)16-25-11-8-21-4/h5-17H2,1-4H3/i2D,3D,4D. The van der Waals surface area contributed by atoms with Crippen LogP contribution >= 0.6 is 0 Å². The Kier molecular flexibility index (Phi) is 15.3. The van der Waals surface area contributed by atoms with Crippen LogP contribution in [0.3, 0.4) is 0 Å². The van der Waals surface area contributed by atoms with E-state index in [2.05, 4.69) is 0 Å². The van der Waals surface area contributed by atoms with Gasteiger partial charge in [0.05, 0.1) is 88.8 Å². The van der Waals surface area contributed by atoms with Crippen LogP contribution in [0.15, 0.2) is 0 Å². The molecule has 0 fully saturated rings. The van der Waals surface area contributed by atoms with Crippen molar-refractivity contribution in [3.63, 3.8) is 0 Å².